The molecule has 3 aliphatic carbocycles. The van der Waals surface area contributed by atoms with Gasteiger partial charge in [0.2, 0.25) is 51.7 Å². The van der Waals surface area contributed by atoms with E-state index in [1.165, 1.54) is 54.6 Å². The Kier molecular flexibility index (Phi) is 12.7. The van der Waals surface area contributed by atoms with Gasteiger partial charge in [0.25, 0.3) is 17.4 Å². The van der Waals surface area contributed by atoms with E-state index in [2.05, 4.69) is 30.2 Å². The van der Waals surface area contributed by atoms with Gasteiger partial charge in [0.05, 0.1) is 16.7 Å². The Morgan fingerprint density at radius 3 is 0.869 bits per heavy atom. The van der Waals surface area contributed by atoms with Crippen molar-refractivity contribution in [3.63, 3.8) is 0 Å². The highest BCUT2D eigenvalue weighted by molar-refractivity contribution is 6.17. The summed E-state index contributed by atoms with van der Waals surface area (Å²) >= 11 is 0. The minimum absolute atomic E-state index is 0.000685. The maximum absolute atomic E-state index is 13.3. The number of alkyl halides is 9. The van der Waals surface area contributed by atoms with Gasteiger partial charge in [-0.1, -0.05) is 36.4 Å². The van der Waals surface area contributed by atoms with E-state index in [4.69, 9.17) is 31.4 Å². The SMILES string of the molecule is CC(=O)NC12C(=O)c3c(N)cccc3C1(O)Oc1cc(OC(F)(F)F)ccc12.CC(=O)N[C@@]12C(=O)c3c(N)cccc3[C@]1(O)Oc1cc(OC(F)(F)F)ccc12.CC(=O)N[C@]12C(=O)c3c(N)cccc3[C@@]1(O)Oc1cc(OC(F)(F)F)ccc12. The number of hydrogen-bond donors (Lipinski definition) is 9. The Bertz CT molecular complexity index is 3510. The van der Waals surface area contributed by atoms with Crippen molar-refractivity contribution in [2.24, 2.45) is 0 Å². The first-order chi connectivity index (χ1) is 39.0. The Hall–Kier alpha value is -9.81. The number of nitrogen functional groups attached to an aromatic ring is 3. The molecule has 438 valence electrons. The molecule has 3 amide bonds. The van der Waals surface area contributed by atoms with Crippen molar-refractivity contribution < 1.29 is 112 Å². The van der Waals surface area contributed by atoms with Gasteiger partial charge in [-0.2, -0.15) is 0 Å². The van der Waals surface area contributed by atoms with Gasteiger partial charge in [0.15, 0.2) is 0 Å². The zero-order chi connectivity index (χ0) is 61.4. The molecule has 6 atom stereocenters. The molecule has 0 fully saturated rings. The first kappa shape index (κ1) is 57.4. The number of halogens is 9. The van der Waals surface area contributed by atoms with E-state index in [9.17, 15) is 83.6 Å². The topological polar surface area (TPSA) is 333 Å². The number of benzene rings is 6. The summed E-state index contributed by atoms with van der Waals surface area (Å²) in [6, 6.07) is 21.9. The van der Waals surface area contributed by atoms with Gasteiger partial charge >= 0.3 is 19.1 Å². The Morgan fingerprint density at radius 1 is 0.417 bits per heavy atom. The third-order valence-corrected chi connectivity index (χ3v) is 14.2. The molecule has 12 N–H and O–H groups in total. The largest absolute Gasteiger partial charge is 0.573 e. The van der Waals surface area contributed by atoms with Crippen LogP contribution in [0.15, 0.2) is 109 Å². The predicted octanol–water partition coefficient (Wildman–Crippen LogP) is 5.80. The molecule has 0 radical (unpaired) electrons. The van der Waals surface area contributed by atoms with Crippen molar-refractivity contribution >= 4 is 52.1 Å². The molecule has 30 heteroatoms. The van der Waals surface area contributed by atoms with E-state index >= 15 is 0 Å². The number of Topliss-reactive ketones (excluding diaryl/α,β-unsaturated/α-hetero) is 3. The van der Waals surface area contributed by atoms with E-state index in [0.717, 1.165) is 75.4 Å². The van der Waals surface area contributed by atoms with Gasteiger partial charge in [-0.25, -0.2) is 0 Å². The highest BCUT2D eigenvalue weighted by Gasteiger charge is 2.75. The van der Waals surface area contributed by atoms with E-state index in [1.54, 1.807) is 0 Å². The molecule has 84 heavy (non-hydrogen) atoms. The van der Waals surface area contributed by atoms with Crippen LogP contribution in [0.3, 0.4) is 0 Å². The van der Waals surface area contributed by atoms with Crippen LogP contribution in [-0.2, 0) is 48.4 Å². The molecule has 0 saturated carbocycles. The number of carbonyl (C=O) groups is 6. The number of nitrogens with two attached hydrogens (primary N) is 3. The summed E-state index contributed by atoms with van der Waals surface area (Å²) in [7, 11) is 0. The first-order valence-electron chi connectivity index (χ1n) is 24.1. The van der Waals surface area contributed by atoms with Crippen molar-refractivity contribution in [1.29, 1.82) is 0 Å². The maximum atomic E-state index is 13.3. The molecule has 2 unspecified atom stereocenters. The molecule has 0 saturated heterocycles. The van der Waals surface area contributed by atoms with E-state index in [0.29, 0.717) is 0 Å². The van der Waals surface area contributed by atoms with E-state index in [-0.39, 0.29) is 84.4 Å². The van der Waals surface area contributed by atoms with Crippen molar-refractivity contribution in [2.45, 2.75) is 73.8 Å². The number of aliphatic hydroxyl groups is 3. The Morgan fingerprint density at radius 2 is 0.655 bits per heavy atom. The van der Waals surface area contributed by atoms with Gasteiger partial charge in [0, 0.05) is 89.4 Å². The fraction of sp³-hybridized carbons (Fsp3) is 0.222. The van der Waals surface area contributed by atoms with Gasteiger partial charge < -0.3 is 76.9 Å². The molecule has 6 aromatic carbocycles. The summed E-state index contributed by atoms with van der Waals surface area (Å²) in [4.78, 5) is 75.5. The smallest absolute Gasteiger partial charge is 0.454 e. The summed E-state index contributed by atoms with van der Waals surface area (Å²) in [5.41, 5.74) is 11.4. The van der Waals surface area contributed by atoms with Crippen LogP contribution >= 0.6 is 0 Å². The fourth-order valence-electron chi connectivity index (χ4n) is 11.4. The summed E-state index contributed by atoms with van der Waals surface area (Å²) < 4.78 is 141. The van der Waals surface area contributed by atoms with Crippen LogP contribution in [0.5, 0.6) is 34.5 Å². The van der Waals surface area contributed by atoms with Crippen LogP contribution < -0.4 is 61.6 Å². The number of fused-ring (bicyclic) bond motifs is 15. The average Bonchev–Trinajstić information content (AvgIpc) is 1.54. The highest BCUT2D eigenvalue weighted by Crippen LogP contribution is 2.63. The minimum atomic E-state index is -4.94. The highest BCUT2D eigenvalue weighted by atomic mass is 19.4. The molecule has 6 aromatic rings. The van der Waals surface area contributed by atoms with Crippen LogP contribution in [0.4, 0.5) is 56.6 Å². The van der Waals surface area contributed by atoms with E-state index in [1.807, 2.05) is 0 Å². The average molecular weight is 1180 g/mol. The predicted molar refractivity (Wildman–Crippen MR) is 265 cm³/mol. The van der Waals surface area contributed by atoms with E-state index < -0.39 is 105 Å². The molecular formula is C54H39F9N6O15. The molecule has 3 heterocycles. The van der Waals surface area contributed by atoms with Crippen molar-refractivity contribution in [3.05, 3.63) is 159 Å². The lowest BCUT2D eigenvalue weighted by atomic mass is 9.83. The standard InChI is InChI=1S/3C18H13F3N2O5/c3*1-8(24)23-16-10-6-5-9(27-18(19,20)21)7-13(10)28-17(16,26)11-3-2-4-12(22)14(11)15(16)25/h3*2-7,26H,22H2,1H3,(H,23,24)/t2*16-,17-;/m10./s1. The number of hydrogen-bond acceptors (Lipinski definition) is 18. The first-order valence-corrected chi connectivity index (χ1v) is 24.1. The quantitative estimate of drug-likeness (QED) is 0.0703. The molecule has 3 aliphatic heterocycles. The monoisotopic (exact) mass is 1180 g/mol. The summed E-state index contributed by atoms with van der Waals surface area (Å²) in [5.74, 6) is -13.9. The van der Waals surface area contributed by atoms with Crippen molar-refractivity contribution in [2.75, 3.05) is 17.2 Å². The Balaban J connectivity index is 0.000000140. The normalized spacial score (nSPS) is 24.8. The van der Waals surface area contributed by atoms with Gasteiger partial charge in [0.1, 0.15) is 34.5 Å². The number of rotatable bonds is 6. The van der Waals surface area contributed by atoms with Crippen molar-refractivity contribution in [1.82, 2.24) is 16.0 Å². The minimum Gasteiger partial charge on any atom is -0.454 e. The zero-order valence-corrected chi connectivity index (χ0v) is 42.8. The third kappa shape index (κ3) is 8.36. The molecule has 21 nitrogen and oxygen atoms in total. The molecular weight excluding hydrogens is 1140 g/mol. The number of amides is 3. The fourth-order valence-corrected chi connectivity index (χ4v) is 11.4. The van der Waals surface area contributed by atoms with Gasteiger partial charge in [-0.05, 0) is 54.6 Å². The number of anilines is 3. The third-order valence-electron chi connectivity index (χ3n) is 14.2. The zero-order valence-electron chi connectivity index (χ0n) is 42.8. The van der Waals surface area contributed by atoms with Crippen LogP contribution in [0.25, 0.3) is 0 Å². The number of carbonyl (C=O) groups excluding carboxylic acids is 6. The second-order valence-electron chi connectivity index (χ2n) is 19.4. The van der Waals surface area contributed by atoms with Crippen LogP contribution in [0.2, 0.25) is 0 Å². The number of nitrogens with one attached hydrogen (secondary N) is 3. The van der Waals surface area contributed by atoms with Gasteiger partial charge in [-0.15, -0.1) is 39.5 Å². The van der Waals surface area contributed by atoms with Crippen LogP contribution in [0, 0.1) is 0 Å². The lowest BCUT2D eigenvalue weighted by Crippen LogP contribution is -2.59. The molecule has 0 bridgehead atoms. The summed E-state index contributed by atoms with van der Waals surface area (Å²) in [6.45, 7) is 3.40. The number of ketones is 3. The van der Waals surface area contributed by atoms with Crippen LogP contribution in [-0.4, -0.2) is 69.5 Å². The second kappa shape index (κ2) is 18.6. The Labute approximate surface area is 463 Å². The molecule has 6 aliphatic rings. The molecule has 0 aromatic heterocycles. The second-order valence-corrected chi connectivity index (χ2v) is 19.4. The van der Waals surface area contributed by atoms with Gasteiger partial charge in [-0.3, -0.25) is 28.8 Å². The molecule has 12 rings (SSSR count). The lowest BCUT2D eigenvalue weighted by molar-refractivity contribution is -0.275. The van der Waals surface area contributed by atoms with Crippen LogP contribution in [0.1, 0.15) is 85.2 Å². The summed E-state index contributed by atoms with van der Waals surface area (Å²) in [6.07, 6.45) is -14.8. The maximum Gasteiger partial charge on any atom is 0.573 e. The van der Waals surface area contributed by atoms with Crippen molar-refractivity contribution in [3.8, 4) is 34.5 Å². The lowest BCUT2D eigenvalue weighted by Gasteiger charge is -2.34. The molecule has 0 spiro atoms. The summed E-state index contributed by atoms with van der Waals surface area (Å²) in [5, 5.41) is 41.3. The number of ether oxygens (including phenoxy) is 6.